The van der Waals surface area contributed by atoms with Gasteiger partial charge in [0.25, 0.3) is 0 Å². The molecule has 0 aliphatic carbocycles. The lowest BCUT2D eigenvalue weighted by Gasteiger charge is -2.35. The molecule has 6 rings (SSSR count). The molecule has 0 spiro atoms. The van der Waals surface area contributed by atoms with Gasteiger partial charge in [0.05, 0.1) is 28.7 Å². The number of unbranched alkanes of at least 4 members (excludes halogenated alkanes) is 4. The third-order valence-electron chi connectivity index (χ3n) is 12.3. The van der Waals surface area contributed by atoms with Crippen LogP contribution in [0.4, 0.5) is 0 Å². The molecule has 0 saturated carbocycles. The van der Waals surface area contributed by atoms with Gasteiger partial charge < -0.3 is 35.8 Å². The van der Waals surface area contributed by atoms with Gasteiger partial charge in [0, 0.05) is 38.2 Å². The molecule has 4 aromatic carbocycles. The van der Waals surface area contributed by atoms with Crippen molar-refractivity contribution in [2.24, 2.45) is 5.41 Å². The number of allylic oxidation sites excluding steroid dienone is 1. The van der Waals surface area contributed by atoms with Crippen LogP contribution in [0.5, 0.6) is 11.5 Å². The highest BCUT2D eigenvalue weighted by Crippen LogP contribution is 2.36. The monoisotopic (exact) mass is 975 g/mol. The molecule has 1 fully saturated rings. The zero-order chi connectivity index (χ0) is 49.3. The minimum Gasteiger partial charge on any atom is -0.508 e. The van der Waals surface area contributed by atoms with E-state index in [4.69, 9.17) is 16.3 Å². The fourth-order valence-electron chi connectivity index (χ4n) is 8.57. The molecule has 4 amide bonds. The molecule has 366 valence electrons. The van der Waals surface area contributed by atoms with Gasteiger partial charge in [-0.3, -0.25) is 19.2 Å². The van der Waals surface area contributed by atoms with Gasteiger partial charge >= 0.3 is 0 Å². The van der Waals surface area contributed by atoms with Crippen LogP contribution in [0.3, 0.4) is 0 Å². The Balaban J connectivity index is 0.877. The predicted octanol–water partition coefficient (Wildman–Crippen LogP) is 9.45. The summed E-state index contributed by atoms with van der Waals surface area (Å²) in [6, 6.07) is 31.4. The lowest BCUT2D eigenvalue weighted by atomic mass is 9.85. The van der Waals surface area contributed by atoms with E-state index in [9.17, 15) is 29.4 Å². The van der Waals surface area contributed by atoms with Crippen molar-refractivity contribution in [2.75, 3.05) is 25.6 Å². The van der Waals surface area contributed by atoms with Crippen LogP contribution < -0.4 is 20.7 Å². The highest BCUT2D eigenvalue weighted by atomic mass is 35.5. The van der Waals surface area contributed by atoms with Crippen LogP contribution in [0.15, 0.2) is 109 Å². The summed E-state index contributed by atoms with van der Waals surface area (Å²) in [4.78, 5) is 60.0. The van der Waals surface area contributed by atoms with E-state index in [2.05, 4.69) is 33.1 Å². The number of aromatic hydroxyl groups is 1. The second kappa shape index (κ2) is 25.5. The summed E-state index contributed by atoms with van der Waals surface area (Å²) in [5.74, 6) is 0.317. The number of hydrogen-bond donors (Lipinski definition) is 5. The van der Waals surface area contributed by atoms with E-state index in [1.807, 2.05) is 112 Å². The maximum atomic E-state index is 14.0. The number of hydrogen-bond acceptors (Lipinski definition) is 9. The van der Waals surface area contributed by atoms with Crippen LogP contribution in [-0.4, -0.2) is 87.5 Å². The Kier molecular flexibility index (Phi) is 19.4. The van der Waals surface area contributed by atoms with E-state index in [0.29, 0.717) is 44.0 Å². The van der Waals surface area contributed by atoms with Gasteiger partial charge in [0.2, 0.25) is 23.6 Å². The number of aryl methyl sites for hydroxylation is 1. The van der Waals surface area contributed by atoms with E-state index in [0.717, 1.165) is 75.2 Å². The summed E-state index contributed by atoms with van der Waals surface area (Å²) in [5.41, 5.74) is 9.27. The maximum Gasteiger partial charge on any atom is 0.246 e. The first kappa shape index (κ1) is 52.4. The van der Waals surface area contributed by atoms with Gasteiger partial charge in [0.15, 0.2) is 0 Å². The highest BCUT2D eigenvalue weighted by molar-refractivity contribution is 7.13. The molecule has 5 N–H and O–H groups in total. The Morgan fingerprint density at radius 2 is 1.45 bits per heavy atom. The number of carbonyl (C=O) groups excluding carboxylic acids is 4. The molecule has 12 nitrogen and oxygen atoms in total. The van der Waals surface area contributed by atoms with Gasteiger partial charge in [-0.15, -0.1) is 22.9 Å². The van der Waals surface area contributed by atoms with E-state index in [1.165, 1.54) is 4.90 Å². The number of aliphatic hydroxyl groups is 1. The number of likely N-dealkylation sites (tertiary alicyclic amines) is 1. The first-order chi connectivity index (χ1) is 33.2. The predicted molar refractivity (Wildman–Crippen MR) is 275 cm³/mol. The number of thiazole rings is 1. The largest absolute Gasteiger partial charge is 0.508 e. The van der Waals surface area contributed by atoms with Crippen molar-refractivity contribution in [3.63, 3.8) is 0 Å². The number of ether oxygens (including phenoxy) is 1. The number of phenolic OH excluding ortho intramolecular Hbond substituents is 1. The third-order valence-corrected chi connectivity index (χ3v) is 13.4. The van der Waals surface area contributed by atoms with Crippen molar-refractivity contribution in [3.05, 3.63) is 137 Å². The summed E-state index contributed by atoms with van der Waals surface area (Å²) in [7, 11) is 0. The van der Waals surface area contributed by atoms with Gasteiger partial charge in [-0.05, 0) is 94.8 Å². The maximum absolute atomic E-state index is 14.0. The fourth-order valence-corrected chi connectivity index (χ4v) is 9.57. The number of phenols is 1. The van der Waals surface area contributed by atoms with Crippen molar-refractivity contribution < 1.29 is 34.1 Å². The summed E-state index contributed by atoms with van der Waals surface area (Å²) in [5, 5.41) is 29.4. The molecule has 14 heteroatoms. The molecule has 3 atom stereocenters. The van der Waals surface area contributed by atoms with Crippen LogP contribution in [-0.2, 0) is 25.7 Å². The molecule has 1 saturated heterocycles. The quantitative estimate of drug-likeness (QED) is 0.0245. The number of β-amino-alcohol motifs (C(OH)–C–C–N with tert-alkyl or cyclic N) is 1. The van der Waals surface area contributed by atoms with Crippen molar-refractivity contribution in [1.82, 2.24) is 25.8 Å². The molecule has 1 aliphatic heterocycles. The summed E-state index contributed by atoms with van der Waals surface area (Å²) < 4.78 is 5.96. The number of amides is 4. The Morgan fingerprint density at radius 1 is 0.812 bits per heavy atom. The molecule has 69 heavy (non-hydrogen) atoms. The van der Waals surface area contributed by atoms with Crippen LogP contribution in [0.25, 0.3) is 21.6 Å². The number of alkyl halides is 1. The SMILES string of the molecule is Cc1ncsc1-c1ccc(CNC(=O)[C@@H]2C[C@@H](O)CN2C(=O)C(NC(=O)CCCCCCCC(=O)NCCOc2ccc(C(=C(CCCl)c3ccccc3)c3ccc(O)cc3)cc2)C(C)(C)C)cc1. The molecule has 5 aromatic rings. The lowest BCUT2D eigenvalue weighted by Crippen LogP contribution is -2.57. The Labute approximate surface area is 415 Å². The van der Waals surface area contributed by atoms with Crippen LogP contribution >= 0.6 is 22.9 Å². The topological polar surface area (TPSA) is 170 Å². The third kappa shape index (κ3) is 15.2. The summed E-state index contributed by atoms with van der Waals surface area (Å²) in [6.07, 6.45) is 4.44. The molecule has 0 radical (unpaired) electrons. The van der Waals surface area contributed by atoms with Gasteiger partial charge in [0.1, 0.15) is 30.2 Å². The summed E-state index contributed by atoms with van der Waals surface area (Å²) in [6.45, 7) is 8.56. The smallest absolute Gasteiger partial charge is 0.246 e. The fraction of sp³-hybridized carbons (Fsp3) is 0.400. The average Bonchev–Trinajstić information content (AvgIpc) is 3.96. The van der Waals surface area contributed by atoms with E-state index in [1.54, 1.807) is 23.5 Å². The lowest BCUT2D eigenvalue weighted by molar-refractivity contribution is -0.144. The zero-order valence-electron chi connectivity index (χ0n) is 40.1. The second-order valence-corrected chi connectivity index (χ2v) is 19.9. The molecular weight excluding hydrogens is 910 g/mol. The minimum atomic E-state index is -0.883. The van der Waals surface area contributed by atoms with Gasteiger partial charge in [-0.2, -0.15) is 0 Å². The number of nitrogens with one attached hydrogen (secondary N) is 3. The van der Waals surface area contributed by atoms with Crippen molar-refractivity contribution in [1.29, 1.82) is 0 Å². The molecule has 1 unspecified atom stereocenters. The number of rotatable bonds is 23. The molecule has 2 heterocycles. The molecule has 0 bridgehead atoms. The minimum absolute atomic E-state index is 0.0129. The number of aliphatic hydroxyl groups excluding tert-OH is 1. The number of carbonyl (C=O) groups is 4. The molecular formula is C55H66ClN5O7S. The number of halogens is 1. The average molecular weight is 977 g/mol. The van der Waals surface area contributed by atoms with E-state index in [-0.39, 0.29) is 55.3 Å². The Bertz CT molecular complexity index is 2490. The van der Waals surface area contributed by atoms with E-state index >= 15 is 0 Å². The first-order valence-corrected chi connectivity index (χ1v) is 25.3. The Hall–Kier alpha value is -6.02. The van der Waals surface area contributed by atoms with Crippen LogP contribution in [0, 0.1) is 12.3 Å². The number of benzene rings is 4. The van der Waals surface area contributed by atoms with Crippen molar-refractivity contribution in [2.45, 2.75) is 110 Å². The Morgan fingerprint density at radius 3 is 2.07 bits per heavy atom. The van der Waals surface area contributed by atoms with E-state index < -0.39 is 23.6 Å². The highest BCUT2D eigenvalue weighted by Gasteiger charge is 2.44. The van der Waals surface area contributed by atoms with Crippen LogP contribution in [0.1, 0.15) is 107 Å². The standard InChI is InChI=1S/C55H66ClN5O7S/c1-37-51(69-36-59-37)42-19-17-38(18-20-42)34-58-53(66)47-33-44(63)35-61(47)54(67)52(55(2,3)4)60-49(65)16-12-7-5-6-11-15-48(64)57-31-32-68-45-27-23-41(24-28-45)50(40-21-25-43(62)26-22-40)46(29-30-56)39-13-9-8-10-14-39/h8-10,13-14,17-28,36,44,47,52,62-63H,5-7,11-12,15-16,29-35H2,1-4H3,(H,57,64)(H,58,66)(H,60,65)/t44-,47+,52?/m1/s1. The normalized spacial score (nSPS) is 15.5. The number of nitrogens with zero attached hydrogens (tertiary/aromatic N) is 2. The van der Waals surface area contributed by atoms with Gasteiger partial charge in [-0.1, -0.05) is 119 Å². The first-order valence-electron chi connectivity index (χ1n) is 23.9. The van der Waals surface area contributed by atoms with Crippen molar-refractivity contribution >= 4 is 57.7 Å². The molecule has 1 aliphatic rings. The second-order valence-electron chi connectivity index (χ2n) is 18.6. The summed E-state index contributed by atoms with van der Waals surface area (Å²) >= 11 is 7.87. The zero-order valence-corrected chi connectivity index (χ0v) is 41.7. The number of aromatic nitrogens is 1. The van der Waals surface area contributed by atoms with Crippen LogP contribution in [0.2, 0.25) is 0 Å². The molecule has 1 aromatic heterocycles. The van der Waals surface area contributed by atoms with Gasteiger partial charge in [-0.25, -0.2) is 4.98 Å². The van der Waals surface area contributed by atoms with Crippen molar-refractivity contribution in [3.8, 4) is 21.9 Å².